The van der Waals surface area contributed by atoms with Crippen LogP contribution in [0.1, 0.15) is 24.6 Å². The topological polar surface area (TPSA) is 39.1 Å². The summed E-state index contributed by atoms with van der Waals surface area (Å²) in [5, 5.41) is 7.53. The van der Waals surface area contributed by atoms with Crippen LogP contribution in [0.25, 0.3) is 0 Å². The third-order valence-corrected chi connectivity index (χ3v) is 3.12. The van der Waals surface area contributed by atoms with Gasteiger partial charge in [0.15, 0.2) is 11.6 Å². The molecule has 0 saturated carbocycles. The number of benzene rings is 1. The average molecular weight is 295 g/mol. The maximum Gasteiger partial charge on any atom is 0.222 e. The Morgan fingerprint density at radius 2 is 2.10 bits per heavy atom. The number of hydrogen-bond donors (Lipinski definition) is 1. The number of aromatic nitrogens is 2. The van der Waals surface area contributed by atoms with Gasteiger partial charge < -0.3 is 10.1 Å². The van der Waals surface area contributed by atoms with Crippen LogP contribution < -0.4 is 10.1 Å². The zero-order valence-corrected chi connectivity index (χ0v) is 12.4. The summed E-state index contributed by atoms with van der Waals surface area (Å²) in [6.07, 6.45) is 1.01. The lowest BCUT2D eigenvalue weighted by Crippen LogP contribution is -2.14. The van der Waals surface area contributed by atoms with Gasteiger partial charge in [0.1, 0.15) is 5.82 Å². The van der Waals surface area contributed by atoms with E-state index in [0.717, 1.165) is 42.4 Å². The SMILES string of the molecule is CCCNCc1c(C)nn(C)c1Oc1cc(F)ccc1F. The van der Waals surface area contributed by atoms with Crippen molar-refractivity contribution in [1.82, 2.24) is 15.1 Å². The highest BCUT2D eigenvalue weighted by Crippen LogP contribution is 2.29. The van der Waals surface area contributed by atoms with E-state index in [-0.39, 0.29) is 5.75 Å². The van der Waals surface area contributed by atoms with Gasteiger partial charge in [-0.15, -0.1) is 0 Å². The van der Waals surface area contributed by atoms with Gasteiger partial charge in [0.25, 0.3) is 0 Å². The molecule has 0 bridgehead atoms. The predicted molar refractivity (Wildman–Crippen MR) is 76.4 cm³/mol. The molecular formula is C15H19F2N3O. The summed E-state index contributed by atoms with van der Waals surface area (Å²) in [7, 11) is 1.71. The molecule has 0 saturated heterocycles. The van der Waals surface area contributed by atoms with Crippen molar-refractivity contribution in [2.45, 2.75) is 26.8 Å². The Bertz CT molecular complexity index is 626. The molecule has 0 aliphatic heterocycles. The minimum absolute atomic E-state index is 0.144. The molecule has 4 nitrogen and oxygen atoms in total. The quantitative estimate of drug-likeness (QED) is 0.831. The molecule has 0 spiro atoms. The summed E-state index contributed by atoms with van der Waals surface area (Å²) in [6.45, 7) is 5.36. The molecule has 1 aromatic heterocycles. The van der Waals surface area contributed by atoms with E-state index in [0.29, 0.717) is 12.4 Å². The molecule has 2 aromatic rings. The number of aryl methyl sites for hydroxylation is 2. The Kier molecular flexibility index (Phi) is 4.90. The van der Waals surface area contributed by atoms with Crippen molar-refractivity contribution < 1.29 is 13.5 Å². The molecule has 1 heterocycles. The first kappa shape index (κ1) is 15.4. The van der Waals surface area contributed by atoms with Crippen LogP contribution in [-0.4, -0.2) is 16.3 Å². The summed E-state index contributed by atoms with van der Waals surface area (Å²) in [4.78, 5) is 0. The zero-order chi connectivity index (χ0) is 15.4. The molecule has 1 N–H and O–H groups in total. The summed E-state index contributed by atoms with van der Waals surface area (Å²) in [5.41, 5.74) is 1.64. The van der Waals surface area contributed by atoms with Gasteiger partial charge in [-0.25, -0.2) is 13.5 Å². The first-order chi connectivity index (χ1) is 10.0. The third-order valence-electron chi connectivity index (χ3n) is 3.12. The molecule has 0 unspecified atom stereocenters. The smallest absolute Gasteiger partial charge is 0.222 e. The van der Waals surface area contributed by atoms with Crippen molar-refractivity contribution in [2.24, 2.45) is 7.05 Å². The highest BCUT2D eigenvalue weighted by molar-refractivity contribution is 5.36. The maximum absolute atomic E-state index is 13.7. The van der Waals surface area contributed by atoms with E-state index in [4.69, 9.17) is 4.74 Å². The molecule has 2 rings (SSSR count). The Labute approximate surface area is 122 Å². The van der Waals surface area contributed by atoms with E-state index in [1.54, 1.807) is 7.05 Å². The standard InChI is InChI=1S/C15H19F2N3O/c1-4-7-18-9-12-10(2)19-20(3)15(12)21-14-8-11(16)5-6-13(14)17/h5-6,8,18H,4,7,9H2,1-3H3. The molecule has 0 atom stereocenters. The number of rotatable bonds is 6. The second-order valence-corrected chi connectivity index (χ2v) is 4.85. The fraction of sp³-hybridized carbons (Fsp3) is 0.400. The Balaban J connectivity index is 2.28. The van der Waals surface area contributed by atoms with Crippen LogP contribution in [0.15, 0.2) is 18.2 Å². The van der Waals surface area contributed by atoms with Crippen LogP contribution in [0.2, 0.25) is 0 Å². The number of nitrogens with one attached hydrogen (secondary N) is 1. The molecule has 1 aromatic carbocycles. The van der Waals surface area contributed by atoms with Crippen molar-refractivity contribution in [3.8, 4) is 11.6 Å². The fourth-order valence-electron chi connectivity index (χ4n) is 2.06. The van der Waals surface area contributed by atoms with E-state index < -0.39 is 11.6 Å². The summed E-state index contributed by atoms with van der Waals surface area (Å²) in [6, 6.07) is 3.13. The van der Waals surface area contributed by atoms with E-state index >= 15 is 0 Å². The number of ether oxygens (including phenoxy) is 1. The lowest BCUT2D eigenvalue weighted by molar-refractivity contribution is 0.394. The summed E-state index contributed by atoms with van der Waals surface area (Å²) < 4.78 is 34.0. The van der Waals surface area contributed by atoms with Crippen LogP contribution in [0.5, 0.6) is 11.6 Å². The second kappa shape index (κ2) is 6.67. The minimum Gasteiger partial charge on any atom is -0.436 e. The van der Waals surface area contributed by atoms with E-state index in [1.165, 1.54) is 4.68 Å². The van der Waals surface area contributed by atoms with Crippen LogP contribution in [0.4, 0.5) is 8.78 Å². The largest absolute Gasteiger partial charge is 0.436 e. The molecule has 0 fully saturated rings. The monoisotopic (exact) mass is 295 g/mol. The number of hydrogen-bond acceptors (Lipinski definition) is 3. The van der Waals surface area contributed by atoms with Gasteiger partial charge in [-0.2, -0.15) is 5.10 Å². The predicted octanol–water partition coefficient (Wildman–Crippen LogP) is 3.30. The van der Waals surface area contributed by atoms with Crippen LogP contribution >= 0.6 is 0 Å². The van der Waals surface area contributed by atoms with Gasteiger partial charge in [0.05, 0.1) is 11.3 Å². The molecule has 21 heavy (non-hydrogen) atoms. The van der Waals surface area contributed by atoms with Crippen molar-refractivity contribution in [3.63, 3.8) is 0 Å². The minimum atomic E-state index is -0.609. The van der Waals surface area contributed by atoms with Gasteiger partial charge in [0.2, 0.25) is 5.88 Å². The Hall–Kier alpha value is -1.95. The molecule has 0 aliphatic carbocycles. The molecule has 6 heteroatoms. The first-order valence-corrected chi connectivity index (χ1v) is 6.89. The molecule has 0 aliphatic rings. The zero-order valence-electron chi connectivity index (χ0n) is 12.4. The highest BCUT2D eigenvalue weighted by Gasteiger charge is 2.17. The Morgan fingerprint density at radius 1 is 1.33 bits per heavy atom. The van der Waals surface area contributed by atoms with Gasteiger partial charge in [-0.05, 0) is 32.0 Å². The number of halogens is 2. The van der Waals surface area contributed by atoms with Crippen LogP contribution in [0, 0.1) is 18.6 Å². The lowest BCUT2D eigenvalue weighted by atomic mass is 10.2. The van der Waals surface area contributed by atoms with Crippen LogP contribution in [0.3, 0.4) is 0 Å². The molecule has 0 radical (unpaired) electrons. The van der Waals surface area contributed by atoms with Crippen molar-refractivity contribution in [3.05, 3.63) is 41.1 Å². The second-order valence-electron chi connectivity index (χ2n) is 4.85. The summed E-state index contributed by atoms with van der Waals surface area (Å²) in [5.74, 6) is -0.881. The van der Waals surface area contributed by atoms with Gasteiger partial charge >= 0.3 is 0 Å². The van der Waals surface area contributed by atoms with Crippen molar-refractivity contribution >= 4 is 0 Å². The Morgan fingerprint density at radius 3 is 2.81 bits per heavy atom. The van der Waals surface area contributed by atoms with Crippen molar-refractivity contribution in [1.29, 1.82) is 0 Å². The summed E-state index contributed by atoms with van der Waals surface area (Å²) >= 11 is 0. The third kappa shape index (κ3) is 3.58. The van der Waals surface area contributed by atoms with E-state index in [9.17, 15) is 8.78 Å². The first-order valence-electron chi connectivity index (χ1n) is 6.89. The number of nitrogens with zero attached hydrogens (tertiary/aromatic N) is 2. The normalized spacial score (nSPS) is 10.9. The highest BCUT2D eigenvalue weighted by atomic mass is 19.1. The van der Waals surface area contributed by atoms with Gasteiger partial charge in [-0.3, -0.25) is 0 Å². The maximum atomic E-state index is 13.7. The van der Waals surface area contributed by atoms with Crippen molar-refractivity contribution in [2.75, 3.05) is 6.54 Å². The van der Waals surface area contributed by atoms with Gasteiger partial charge in [-0.1, -0.05) is 6.92 Å². The van der Waals surface area contributed by atoms with E-state index in [1.807, 2.05) is 6.92 Å². The van der Waals surface area contributed by atoms with Gasteiger partial charge in [0, 0.05) is 19.7 Å². The lowest BCUT2D eigenvalue weighted by Gasteiger charge is -2.10. The van der Waals surface area contributed by atoms with E-state index in [2.05, 4.69) is 17.3 Å². The molecule has 114 valence electrons. The fourth-order valence-corrected chi connectivity index (χ4v) is 2.06. The van der Waals surface area contributed by atoms with Crippen LogP contribution in [-0.2, 0) is 13.6 Å². The average Bonchev–Trinajstić information content (AvgIpc) is 2.70. The molecule has 0 amide bonds. The molecular weight excluding hydrogens is 276 g/mol.